The molecule has 0 atom stereocenters. The summed E-state index contributed by atoms with van der Waals surface area (Å²) >= 11 is 0. The Hall–Kier alpha value is -1.79. The van der Waals surface area contributed by atoms with Gasteiger partial charge in [0.15, 0.2) is 0 Å². The van der Waals surface area contributed by atoms with Crippen molar-refractivity contribution in [3.8, 4) is 12.3 Å². The SMILES string of the molecule is C#CCCC(=O)N(CCO)Cc1ccccc1. The summed E-state index contributed by atoms with van der Waals surface area (Å²) in [6.07, 6.45) is 5.91. The average molecular weight is 231 g/mol. The van der Waals surface area contributed by atoms with Crippen LogP contribution in [-0.4, -0.2) is 29.1 Å². The normalized spacial score (nSPS) is 9.65. The number of nitrogens with zero attached hydrogens (tertiary/aromatic N) is 1. The molecular weight excluding hydrogens is 214 g/mol. The van der Waals surface area contributed by atoms with Crippen LogP contribution in [0.3, 0.4) is 0 Å². The number of rotatable bonds is 6. The van der Waals surface area contributed by atoms with Gasteiger partial charge in [-0.25, -0.2) is 0 Å². The Morgan fingerprint density at radius 1 is 1.35 bits per heavy atom. The third-order valence-corrected chi connectivity index (χ3v) is 2.42. The Kier molecular flexibility index (Phi) is 5.84. The third kappa shape index (κ3) is 4.71. The molecule has 0 aliphatic carbocycles. The molecule has 3 nitrogen and oxygen atoms in total. The molecule has 0 fully saturated rings. The van der Waals surface area contributed by atoms with E-state index in [2.05, 4.69) is 5.92 Å². The number of amides is 1. The van der Waals surface area contributed by atoms with Gasteiger partial charge in [-0.15, -0.1) is 12.3 Å². The second-order valence-corrected chi connectivity index (χ2v) is 3.73. The Morgan fingerprint density at radius 2 is 2.06 bits per heavy atom. The van der Waals surface area contributed by atoms with Crippen molar-refractivity contribution in [2.24, 2.45) is 0 Å². The molecule has 1 N–H and O–H groups in total. The molecule has 0 saturated carbocycles. The minimum atomic E-state index is -0.0331. The predicted molar refractivity (Wildman–Crippen MR) is 67.0 cm³/mol. The standard InChI is InChI=1S/C14H17NO2/c1-2-3-9-14(17)15(10-11-16)12-13-7-5-4-6-8-13/h1,4-8,16H,3,9-12H2. The Morgan fingerprint density at radius 3 is 2.65 bits per heavy atom. The van der Waals surface area contributed by atoms with E-state index in [-0.39, 0.29) is 12.5 Å². The first-order chi connectivity index (χ1) is 8.27. The van der Waals surface area contributed by atoms with E-state index in [1.807, 2.05) is 30.3 Å². The molecule has 0 heterocycles. The van der Waals surface area contributed by atoms with Crippen LogP contribution in [0.2, 0.25) is 0 Å². The fourth-order valence-corrected chi connectivity index (χ4v) is 1.55. The number of hydrogen-bond donors (Lipinski definition) is 1. The minimum Gasteiger partial charge on any atom is -0.395 e. The molecule has 0 unspecified atom stereocenters. The van der Waals surface area contributed by atoms with E-state index in [4.69, 9.17) is 11.5 Å². The third-order valence-electron chi connectivity index (χ3n) is 2.42. The van der Waals surface area contributed by atoms with Gasteiger partial charge in [0.25, 0.3) is 0 Å². The van der Waals surface area contributed by atoms with Crippen LogP contribution in [0.25, 0.3) is 0 Å². The molecule has 90 valence electrons. The van der Waals surface area contributed by atoms with Crippen LogP contribution in [0.5, 0.6) is 0 Å². The lowest BCUT2D eigenvalue weighted by molar-refractivity contribution is -0.132. The van der Waals surface area contributed by atoms with E-state index in [1.165, 1.54) is 0 Å². The second-order valence-electron chi connectivity index (χ2n) is 3.73. The molecule has 0 saturated heterocycles. The monoisotopic (exact) mass is 231 g/mol. The van der Waals surface area contributed by atoms with Crippen LogP contribution in [-0.2, 0) is 11.3 Å². The highest BCUT2D eigenvalue weighted by Gasteiger charge is 2.12. The topological polar surface area (TPSA) is 40.5 Å². The zero-order chi connectivity index (χ0) is 12.5. The molecule has 0 bridgehead atoms. The fraction of sp³-hybridized carbons (Fsp3) is 0.357. The lowest BCUT2D eigenvalue weighted by Gasteiger charge is -2.21. The molecule has 1 aromatic carbocycles. The van der Waals surface area contributed by atoms with E-state index in [0.29, 0.717) is 25.9 Å². The second kappa shape index (κ2) is 7.48. The Bertz CT molecular complexity index is 381. The van der Waals surface area contributed by atoms with E-state index in [1.54, 1.807) is 4.90 Å². The van der Waals surface area contributed by atoms with Crippen molar-refractivity contribution >= 4 is 5.91 Å². The smallest absolute Gasteiger partial charge is 0.223 e. The van der Waals surface area contributed by atoms with Crippen molar-refractivity contribution in [1.29, 1.82) is 0 Å². The molecule has 0 aliphatic rings. The molecular formula is C14H17NO2. The van der Waals surface area contributed by atoms with Crippen molar-refractivity contribution in [3.63, 3.8) is 0 Å². The van der Waals surface area contributed by atoms with Crippen LogP contribution in [0.4, 0.5) is 0 Å². The first kappa shape index (κ1) is 13.3. The maximum atomic E-state index is 11.8. The number of carbonyl (C=O) groups is 1. The van der Waals surface area contributed by atoms with Gasteiger partial charge in [0.2, 0.25) is 5.91 Å². The average Bonchev–Trinajstić information content (AvgIpc) is 2.36. The van der Waals surface area contributed by atoms with Gasteiger partial charge in [-0.1, -0.05) is 30.3 Å². The Balaban J connectivity index is 2.60. The lowest BCUT2D eigenvalue weighted by Crippen LogP contribution is -2.32. The zero-order valence-electron chi connectivity index (χ0n) is 9.80. The number of benzene rings is 1. The summed E-state index contributed by atoms with van der Waals surface area (Å²) in [5, 5.41) is 8.95. The molecule has 17 heavy (non-hydrogen) atoms. The lowest BCUT2D eigenvalue weighted by atomic mass is 10.2. The highest BCUT2D eigenvalue weighted by atomic mass is 16.3. The molecule has 1 aromatic rings. The van der Waals surface area contributed by atoms with Crippen molar-refractivity contribution in [3.05, 3.63) is 35.9 Å². The zero-order valence-corrected chi connectivity index (χ0v) is 9.80. The Labute approximate surface area is 102 Å². The molecule has 0 aliphatic heterocycles. The highest BCUT2D eigenvalue weighted by molar-refractivity contribution is 5.76. The molecule has 1 rings (SSSR count). The molecule has 0 radical (unpaired) electrons. The van der Waals surface area contributed by atoms with Gasteiger partial charge in [0.1, 0.15) is 0 Å². The predicted octanol–water partition coefficient (Wildman–Crippen LogP) is 1.42. The van der Waals surface area contributed by atoms with Gasteiger partial charge in [-0.3, -0.25) is 4.79 Å². The van der Waals surface area contributed by atoms with Gasteiger partial charge < -0.3 is 10.0 Å². The summed E-state index contributed by atoms with van der Waals surface area (Å²) in [6.45, 7) is 0.831. The quantitative estimate of drug-likeness (QED) is 0.752. The van der Waals surface area contributed by atoms with Crippen LogP contribution in [0.1, 0.15) is 18.4 Å². The van der Waals surface area contributed by atoms with Gasteiger partial charge in [0.05, 0.1) is 6.61 Å². The maximum absolute atomic E-state index is 11.8. The van der Waals surface area contributed by atoms with E-state index >= 15 is 0 Å². The largest absolute Gasteiger partial charge is 0.395 e. The summed E-state index contributed by atoms with van der Waals surface area (Å²) in [5.74, 6) is 2.44. The van der Waals surface area contributed by atoms with E-state index < -0.39 is 0 Å². The van der Waals surface area contributed by atoms with Gasteiger partial charge in [-0.2, -0.15) is 0 Å². The van der Waals surface area contributed by atoms with Crippen molar-refractivity contribution in [2.75, 3.05) is 13.2 Å². The molecule has 1 amide bonds. The molecule has 0 spiro atoms. The number of aliphatic hydroxyl groups excluding tert-OH is 1. The number of hydrogen-bond acceptors (Lipinski definition) is 2. The maximum Gasteiger partial charge on any atom is 0.223 e. The van der Waals surface area contributed by atoms with Gasteiger partial charge >= 0.3 is 0 Å². The fourth-order valence-electron chi connectivity index (χ4n) is 1.55. The highest BCUT2D eigenvalue weighted by Crippen LogP contribution is 2.06. The number of aliphatic hydroxyl groups is 1. The minimum absolute atomic E-state index is 0.0131. The number of carbonyl (C=O) groups excluding carboxylic acids is 1. The van der Waals surface area contributed by atoms with Crippen molar-refractivity contribution in [1.82, 2.24) is 4.90 Å². The summed E-state index contributed by atoms with van der Waals surface area (Å²) in [6, 6.07) is 9.70. The molecule has 3 heteroatoms. The molecule has 0 aromatic heterocycles. The van der Waals surface area contributed by atoms with E-state index in [0.717, 1.165) is 5.56 Å². The summed E-state index contributed by atoms with van der Waals surface area (Å²) in [4.78, 5) is 13.4. The van der Waals surface area contributed by atoms with Crippen LogP contribution >= 0.6 is 0 Å². The van der Waals surface area contributed by atoms with Crippen molar-refractivity contribution < 1.29 is 9.90 Å². The van der Waals surface area contributed by atoms with Gasteiger partial charge in [0, 0.05) is 25.9 Å². The van der Waals surface area contributed by atoms with Gasteiger partial charge in [-0.05, 0) is 5.56 Å². The summed E-state index contributed by atoms with van der Waals surface area (Å²) < 4.78 is 0. The van der Waals surface area contributed by atoms with Crippen LogP contribution in [0, 0.1) is 12.3 Å². The van der Waals surface area contributed by atoms with E-state index in [9.17, 15) is 4.79 Å². The van der Waals surface area contributed by atoms with Crippen LogP contribution in [0.15, 0.2) is 30.3 Å². The first-order valence-corrected chi connectivity index (χ1v) is 5.64. The summed E-state index contributed by atoms with van der Waals surface area (Å²) in [5.41, 5.74) is 1.05. The van der Waals surface area contributed by atoms with Crippen molar-refractivity contribution in [2.45, 2.75) is 19.4 Å². The summed E-state index contributed by atoms with van der Waals surface area (Å²) in [7, 11) is 0. The number of terminal acetylenes is 1. The first-order valence-electron chi connectivity index (χ1n) is 5.64. The van der Waals surface area contributed by atoms with Crippen LogP contribution < -0.4 is 0 Å².